The predicted octanol–water partition coefficient (Wildman–Crippen LogP) is 3.30. The molecular formula is C22H26N2O4. The van der Waals surface area contributed by atoms with Crippen molar-refractivity contribution in [3.05, 3.63) is 58.4 Å². The molecule has 1 atom stereocenters. The predicted molar refractivity (Wildman–Crippen MR) is 106 cm³/mol. The number of methoxy groups -OCH3 is 1. The first-order chi connectivity index (χ1) is 13.3. The summed E-state index contributed by atoms with van der Waals surface area (Å²) in [6.07, 6.45) is 1.80. The highest BCUT2D eigenvalue weighted by molar-refractivity contribution is 6.07. The Balaban J connectivity index is 1.97. The lowest BCUT2D eigenvalue weighted by Gasteiger charge is -2.29. The van der Waals surface area contributed by atoms with E-state index in [1.165, 1.54) is 7.11 Å². The van der Waals surface area contributed by atoms with Gasteiger partial charge in [-0.15, -0.1) is 0 Å². The highest BCUT2D eigenvalue weighted by Crippen LogP contribution is 2.32. The molecule has 1 aliphatic rings. The molecule has 0 unspecified atom stereocenters. The highest BCUT2D eigenvalue weighted by atomic mass is 16.5. The second-order valence-corrected chi connectivity index (χ2v) is 7.33. The van der Waals surface area contributed by atoms with Crippen LogP contribution in [0.5, 0.6) is 0 Å². The molecule has 1 aromatic carbocycles. The third-order valence-corrected chi connectivity index (χ3v) is 5.55. The highest BCUT2D eigenvalue weighted by Gasteiger charge is 2.40. The molecule has 1 saturated carbocycles. The Morgan fingerprint density at radius 2 is 1.75 bits per heavy atom. The third kappa shape index (κ3) is 3.35. The smallest absolute Gasteiger partial charge is 0.354 e. The van der Waals surface area contributed by atoms with E-state index in [9.17, 15) is 14.4 Å². The molecule has 0 aliphatic heterocycles. The minimum absolute atomic E-state index is 0.0797. The van der Waals surface area contributed by atoms with Crippen molar-refractivity contribution in [3.63, 3.8) is 0 Å². The zero-order valence-corrected chi connectivity index (χ0v) is 17.0. The molecule has 1 amide bonds. The average Bonchev–Trinajstić information content (AvgIpc) is 3.49. The van der Waals surface area contributed by atoms with Gasteiger partial charge in [-0.05, 0) is 51.3 Å². The van der Waals surface area contributed by atoms with E-state index in [2.05, 4.69) is 0 Å². The number of hydrogen-bond donors (Lipinski definition) is 0. The van der Waals surface area contributed by atoms with Crippen LogP contribution >= 0.6 is 0 Å². The summed E-state index contributed by atoms with van der Waals surface area (Å²) in [6, 6.07) is 8.49. The first-order valence-electron chi connectivity index (χ1n) is 9.45. The summed E-state index contributed by atoms with van der Waals surface area (Å²) in [5.74, 6) is -0.769. The molecule has 2 aromatic rings. The van der Waals surface area contributed by atoms with Crippen LogP contribution in [0.2, 0.25) is 0 Å². The van der Waals surface area contributed by atoms with Gasteiger partial charge in [0.1, 0.15) is 5.69 Å². The number of esters is 1. The maximum absolute atomic E-state index is 13.4. The molecule has 28 heavy (non-hydrogen) atoms. The number of carbonyl (C=O) groups is 3. The number of ether oxygens (including phenoxy) is 1. The van der Waals surface area contributed by atoms with Crippen LogP contribution in [-0.2, 0) is 11.8 Å². The normalized spacial score (nSPS) is 14.5. The number of benzene rings is 1. The molecule has 0 spiro atoms. The maximum Gasteiger partial charge on any atom is 0.354 e. The third-order valence-electron chi connectivity index (χ3n) is 5.55. The number of Topliss-reactive ketones (excluding diaryl/α,β-unsaturated/α-hetero) is 1. The van der Waals surface area contributed by atoms with Gasteiger partial charge in [0.2, 0.25) is 0 Å². The van der Waals surface area contributed by atoms with Crippen molar-refractivity contribution in [2.45, 2.75) is 45.7 Å². The quantitative estimate of drug-likeness (QED) is 0.568. The monoisotopic (exact) mass is 382 g/mol. The lowest BCUT2D eigenvalue weighted by Crippen LogP contribution is -2.45. The van der Waals surface area contributed by atoms with E-state index in [1.54, 1.807) is 49.4 Å². The van der Waals surface area contributed by atoms with E-state index < -0.39 is 12.0 Å². The molecule has 1 fully saturated rings. The molecule has 1 heterocycles. The summed E-state index contributed by atoms with van der Waals surface area (Å²) in [5, 5.41) is 0. The largest absolute Gasteiger partial charge is 0.464 e. The lowest BCUT2D eigenvalue weighted by molar-refractivity contribution is 0.0587. The number of hydrogen-bond acceptors (Lipinski definition) is 4. The van der Waals surface area contributed by atoms with Crippen LogP contribution in [-0.4, -0.2) is 46.3 Å². The average molecular weight is 382 g/mol. The first kappa shape index (κ1) is 19.9. The Bertz CT molecular complexity index is 926. The van der Waals surface area contributed by atoms with Crippen molar-refractivity contribution in [1.82, 2.24) is 9.47 Å². The van der Waals surface area contributed by atoms with Crippen LogP contribution in [0, 0.1) is 13.8 Å². The summed E-state index contributed by atoms with van der Waals surface area (Å²) in [5.41, 5.74) is 2.71. The molecule has 0 radical (unpaired) electrons. The molecule has 0 N–H and O–H groups in total. The number of nitrogens with zero attached hydrogens (tertiary/aromatic N) is 2. The summed E-state index contributed by atoms with van der Waals surface area (Å²) in [6.45, 7) is 5.32. The number of amides is 1. The van der Waals surface area contributed by atoms with Crippen molar-refractivity contribution >= 4 is 17.7 Å². The topological polar surface area (TPSA) is 68.6 Å². The Labute approximate surface area is 165 Å². The van der Waals surface area contributed by atoms with Crippen LogP contribution < -0.4 is 0 Å². The van der Waals surface area contributed by atoms with E-state index in [0.717, 1.165) is 12.8 Å². The van der Waals surface area contributed by atoms with Gasteiger partial charge in [0, 0.05) is 29.9 Å². The van der Waals surface area contributed by atoms with Gasteiger partial charge in [-0.2, -0.15) is 0 Å². The molecule has 6 nitrogen and oxygen atoms in total. The van der Waals surface area contributed by atoms with Gasteiger partial charge in [-0.3, -0.25) is 9.59 Å². The van der Waals surface area contributed by atoms with Crippen molar-refractivity contribution in [2.24, 2.45) is 7.05 Å². The number of rotatable bonds is 6. The molecule has 1 aromatic heterocycles. The van der Waals surface area contributed by atoms with Crippen molar-refractivity contribution in [2.75, 3.05) is 7.11 Å². The van der Waals surface area contributed by atoms with E-state index >= 15 is 0 Å². The molecule has 6 heteroatoms. The molecule has 0 bridgehead atoms. The molecular weight excluding hydrogens is 356 g/mol. The standard InChI is InChI=1S/C22H26N2O4/c1-13-18(14(2)23(4)19(13)22(27)28-5)20(25)15(3)24(17-11-12-17)21(26)16-9-7-6-8-10-16/h6-10,15,17H,11-12H2,1-5H3/t15-/m0/s1. The minimum Gasteiger partial charge on any atom is -0.464 e. The van der Waals surface area contributed by atoms with Crippen LogP contribution in [0.15, 0.2) is 30.3 Å². The number of aromatic nitrogens is 1. The summed E-state index contributed by atoms with van der Waals surface area (Å²) in [4.78, 5) is 40.3. The van der Waals surface area contributed by atoms with E-state index in [1.807, 2.05) is 18.2 Å². The zero-order valence-electron chi connectivity index (χ0n) is 17.0. The molecule has 3 rings (SSSR count). The first-order valence-corrected chi connectivity index (χ1v) is 9.45. The van der Waals surface area contributed by atoms with Crippen LogP contribution in [0.1, 0.15) is 62.2 Å². The van der Waals surface area contributed by atoms with Gasteiger partial charge in [0.05, 0.1) is 13.2 Å². The second kappa shape index (κ2) is 7.62. The van der Waals surface area contributed by atoms with Gasteiger partial charge in [-0.25, -0.2) is 4.79 Å². The fourth-order valence-electron chi connectivity index (χ4n) is 3.80. The van der Waals surface area contributed by atoms with Crippen molar-refractivity contribution in [3.8, 4) is 0 Å². The van der Waals surface area contributed by atoms with Gasteiger partial charge in [0.15, 0.2) is 5.78 Å². The number of carbonyl (C=O) groups excluding carboxylic acids is 3. The minimum atomic E-state index is -0.620. The molecule has 0 saturated heterocycles. The van der Waals surface area contributed by atoms with Gasteiger partial charge < -0.3 is 14.2 Å². The van der Waals surface area contributed by atoms with Gasteiger partial charge in [0.25, 0.3) is 5.91 Å². The fourth-order valence-corrected chi connectivity index (χ4v) is 3.80. The summed E-state index contributed by atoms with van der Waals surface area (Å²) >= 11 is 0. The summed E-state index contributed by atoms with van der Waals surface area (Å²) in [7, 11) is 3.06. The van der Waals surface area contributed by atoms with E-state index in [-0.39, 0.29) is 17.7 Å². The van der Waals surface area contributed by atoms with E-state index in [4.69, 9.17) is 4.74 Å². The Morgan fingerprint density at radius 3 is 2.29 bits per heavy atom. The van der Waals surface area contributed by atoms with Gasteiger partial charge in [-0.1, -0.05) is 18.2 Å². The van der Waals surface area contributed by atoms with Crippen LogP contribution in [0.4, 0.5) is 0 Å². The zero-order chi connectivity index (χ0) is 20.6. The molecule has 148 valence electrons. The van der Waals surface area contributed by atoms with Crippen molar-refractivity contribution < 1.29 is 19.1 Å². The SMILES string of the molecule is COC(=O)c1c(C)c(C(=O)[C@H](C)N(C(=O)c2ccccc2)C2CC2)c(C)n1C. The fraction of sp³-hybridized carbons (Fsp3) is 0.409. The lowest BCUT2D eigenvalue weighted by atomic mass is 9.99. The Kier molecular flexibility index (Phi) is 5.40. The Morgan fingerprint density at radius 1 is 1.14 bits per heavy atom. The second-order valence-electron chi connectivity index (χ2n) is 7.33. The number of ketones is 1. The molecule has 1 aliphatic carbocycles. The van der Waals surface area contributed by atoms with Crippen LogP contribution in [0.3, 0.4) is 0 Å². The van der Waals surface area contributed by atoms with Gasteiger partial charge >= 0.3 is 5.97 Å². The maximum atomic E-state index is 13.4. The van der Waals surface area contributed by atoms with Crippen LogP contribution in [0.25, 0.3) is 0 Å². The summed E-state index contributed by atoms with van der Waals surface area (Å²) < 4.78 is 6.54. The Hall–Kier alpha value is -2.89. The van der Waals surface area contributed by atoms with E-state index in [0.29, 0.717) is 28.1 Å². The van der Waals surface area contributed by atoms with Crippen molar-refractivity contribution in [1.29, 1.82) is 0 Å².